The van der Waals surface area contributed by atoms with Crippen molar-refractivity contribution in [2.24, 2.45) is 5.73 Å². The van der Waals surface area contributed by atoms with E-state index in [2.05, 4.69) is 5.32 Å². The summed E-state index contributed by atoms with van der Waals surface area (Å²) in [5.74, 6) is -0.0933. The van der Waals surface area contributed by atoms with Crippen LogP contribution in [0.4, 0.5) is 0 Å². The predicted molar refractivity (Wildman–Crippen MR) is 108 cm³/mol. The highest BCUT2D eigenvalue weighted by molar-refractivity contribution is 7.89. The maximum absolute atomic E-state index is 12.9. The van der Waals surface area contributed by atoms with Gasteiger partial charge in [-0.2, -0.15) is 4.31 Å². The molecular formula is C18H30ClN3O4S. The number of benzene rings is 1. The molecule has 1 aromatic carbocycles. The summed E-state index contributed by atoms with van der Waals surface area (Å²) in [6, 6.07) is 4.50. The molecule has 1 saturated heterocycles. The van der Waals surface area contributed by atoms with Crippen LogP contribution in [0.2, 0.25) is 0 Å². The highest BCUT2D eigenvalue weighted by Crippen LogP contribution is 2.30. The zero-order chi connectivity index (χ0) is 19.4. The molecule has 7 nitrogen and oxygen atoms in total. The van der Waals surface area contributed by atoms with Crippen molar-refractivity contribution < 1.29 is 17.9 Å². The minimum absolute atomic E-state index is 0. The Kier molecular flexibility index (Phi) is 8.53. The highest BCUT2D eigenvalue weighted by atomic mass is 35.5. The van der Waals surface area contributed by atoms with Gasteiger partial charge in [-0.05, 0) is 43.9 Å². The minimum atomic E-state index is -3.69. The van der Waals surface area contributed by atoms with Crippen LogP contribution in [0, 0.1) is 0 Å². The van der Waals surface area contributed by atoms with Crippen molar-refractivity contribution >= 4 is 28.3 Å². The number of halogens is 1. The van der Waals surface area contributed by atoms with Gasteiger partial charge < -0.3 is 15.8 Å². The Bertz CT molecular complexity index is 737. The summed E-state index contributed by atoms with van der Waals surface area (Å²) in [5, 5.41) is 2.97. The summed E-state index contributed by atoms with van der Waals surface area (Å²) < 4.78 is 32.5. The normalized spacial score (nSPS) is 15.3. The zero-order valence-electron chi connectivity index (χ0n) is 16.2. The van der Waals surface area contributed by atoms with Gasteiger partial charge in [0.15, 0.2) is 0 Å². The van der Waals surface area contributed by atoms with Crippen LogP contribution < -0.4 is 15.8 Å². The number of carbonyl (C=O) groups is 1. The van der Waals surface area contributed by atoms with Crippen molar-refractivity contribution in [3.05, 3.63) is 23.8 Å². The lowest BCUT2D eigenvalue weighted by molar-refractivity contribution is 0.0895. The summed E-state index contributed by atoms with van der Waals surface area (Å²) in [5.41, 5.74) is 5.63. The first-order valence-corrected chi connectivity index (χ1v) is 10.5. The van der Waals surface area contributed by atoms with Crippen molar-refractivity contribution in [3.8, 4) is 5.75 Å². The average molecular weight is 420 g/mol. The summed E-state index contributed by atoms with van der Waals surface area (Å²) in [4.78, 5) is 12.7. The molecule has 1 amide bonds. The van der Waals surface area contributed by atoms with Gasteiger partial charge in [-0.3, -0.25) is 4.79 Å². The van der Waals surface area contributed by atoms with Crippen molar-refractivity contribution in [1.82, 2.24) is 9.62 Å². The first-order valence-electron chi connectivity index (χ1n) is 9.04. The lowest BCUT2D eigenvalue weighted by atomic mass is 9.92. The number of rotatable bonds is 8. The smallest absolute Gasteiger partial charge is 0.251 e. The number of ether oxygens (including phenoxy) is 1. The van der Waals surface area contributed by atoms with Gasteiger partial charge in [0.25, 0.3) is 5.91 Å². The van der Waals surface area contributed by atoms with Gasteiger partial charge in [0.2, 0.25) is 10.0 Å². The summed E-state index contributed by atoms with van der Waals surface area (Å²) in [7, 11) is -2.27. The van der Waals surface area contributed by atoms with Crippen molar-refractivity contribution in [2.45, 2.75) is 50.0 Å². The first-order chi connectivity index (χ1) is 12.3. The predicted octanol–water partition coefficient (Wildman–Crippen LogP) is 2.15. The summed E-state index contributed by atoms with van der Waals surface area (Å²) in [6.45, 7) is 5.23. The standard InChI is InChI=1S/C18H29N3O4S.ClH/c1-4-18(5-2,13-19)20-17(22)14-8-9-15(25-3)16(12-14)26(23,24)21-10-6-7-11-21;/h8-9,12H,4-7,10-11,13,19H2,1-3H3,(H,20,22);1H. The molecule has 0 unspecified atom stereocenters. The number of sulfonamides is 1. The third-order valence-corrected chi connectivity index (χ3v) is 7.15. The quantitative estimate of drug-likeness (QED) is 0.672. The molecule has 154 valence electrons. The Balaban J connectivity index is 0.00000364. The maximum Gasteiger partial charge on any atom is 0.251 e. The molecule has 1 heterocycles. The zero-order valence-corrected chi connectivity index (χ0v) is 17.8. The molecule has 0 atom stereocenters. The van der Waals surface area contributed by atoms with E-state index in [1.807, 2.05) is 13.8 Å². The number of nitrogens with one attached hydrogen (secondary N) is 1. The van der Waals surface area contributed by atoms with E-state index < -0.39 is 15.6 Å². The van der Waals surface area contributed by atoms with Crippen LogP contribution in [0.5, 0.6) is 5.75 Å². The molecule has 3 N–H and O–H groups in total. The van der Waals surface area contributed by atoms with Crippen molar-refractivity contribution in [1.29, 1.82) is 0 Å². The molecule has 0 saturated carbocycles. The first kappa shape index (κ1) is 23.7. The number of hydrogen-bond acceptors (Lipinski definition) is 5. The lowest BCUT2D eigenvalue weighted by Gasteiger charge is -2.31. The van der Waals surface area contributed by atoms with Gasteiger partial charge in [0.05, 0.1) is 12.6 Å². The minimum Gasteiger partial charge on any atom is -0.495 e. The number of carbonyl (C=O) groups excluding carboxylic acids is 1. The van der Waals surface area contributed by atoms with E-state index in [4.69, 9.17) is 10.5 Å². The fourth-order valence-electron chi connectivity index (χ4n) is 3.17. The number of nitrogens with zero attached hydrogens (tertiary/aromatic N) is 1. The molecule has 0 radical (unpaired) electrons. The third kappa shape index (κ3) is 4.93. The van der Waals surface area contributed by atoms with E-state index in [1.165, 1.54) is 23.5 Å². The fourth-order valence-corrected chi connectivity index (χ4v) is 4.87. The van der Waals surface area contributed by atoms with Gasteiger partial charge >= 0.3 is 0 Å². The molecule has 1 aliphatic rings. The third-order valence-electron chi connectivity index (χ3n) is 5.23. The van der Waals surface area contributed by atoms with Crippen molar-refractivity contribution in [2.75, 3.05) is 26.7 Å². The van der Waals surface area contributed by atoms with Crippen LogP contribution in [-0.4, -0.2) is 50.9 Å². The second-order valence-electron chi connectivity index (χ2n) is 6.62. The SMILES string of the molecule is CCC(CC)(CN)NC(=O)c1ccc(OC)c(S(=O)(=O)N2CCCC2)c1.Cl. The molecule has 1 aromatic rings. The second kappa shape index (κ2) is 9.73. The van der Waals surface area contributed by atoms with Gasteiger partial charge in [-0.1, -0.05) is 13.8 Å². The van der Waals surface area contributed by atoms with E-state index in [0.29, 0.717) is 32.5 Å². The molecule has 0 bridgehead atoms. The Hall–Kier alpha value is -1.35. The van der Waals surface area contributed by atoms with Crippen LogP contribution in [0.3, 0.4) is 0 Å². The largest absolute Gasteiger partial charge is 0.495 e. The fraction of sp³-hybridized carbons (Fsp3) is 0.611. The van der Waals surface area contributed by atoms with Gasteiger partial charge in [-0.25, -0.2) is 8.42 Å². The summed E-state index contributed by atoms with van der Waals surface area (Å²) in [6.07, 6.45) is 3.07. The van der Waals surface area contributed by atoms with E-state index >= 15 is 0 Å². The number of nitrogens with two attached hydrogens (primary N) is 1. The maximum atomic E-state index is 12.9. The van der Waals surface area contributed by atoms with Gasteiger partial charge in [0, 0.05) is 25.2 Å². The molecule has 9 heteroatoms. The van der Waals surface area contributed by atoms with E-state index in [1.54, 1.807) is 6.07 Å². The molecule has 27 heavy (non-hydrogen) atoms. The topological polar surface area (TPSA) is 102 Å². The van der Waals surface area contributed by atoms with Crippen LogP contribution in [0.1, 0.15) is 49.9 Å². The van der Waals surface area contributed by atoms with Crippen LogP contribution in [0.25, 0.3) is 0 Å². The van der Waals surface area contributed by atoms with E-state index in [9.17, 15) is 13.2 Å². The molecule has 0 aromatic heterocycles. The highest BCUT2D eigenvalue weighted by Gasteiger charge is 2.32. The Morgan fingerprint density at radius 2 is 1.85 bits per heavy atom. The molecule has 1 aliphatic heterocycles. The Labute approximate surface area is 168 Å². The molecule has 1 fully saturated rings. The Morgan fingerprint density at radius 1 is 1.26 bits per heavy atom. The number of hydrogen-bond donors (Lipinski definition) is 2. The number of methoxy groups -OCH3 is 1. The van der Waals surface area contributed by atoms with Gasteiger partial charge in [-0.15, -0.1) is 12.4 Å². The van der Waals surface area contributed by atoms with Crippen LogP contribution >= 0.6 is 12.4 Å². The Morgan fingerprint density at radius 3 is 2.33 bits per heavy atom. The monoisotopic (exact) mass is 419 g/mol. The van der Waals surface area contributed by atoms with Gasteiger partial charge in [0.1, 0.15) is 10.6 Å². The van der Waals surface area contributed by atoms with E-state index in [-0.39, 0.29) is 34.5 Å². The second-order valence-corrected chi connectivity index (χ2v) is 8.53. The summed E-state index contributed by atoms with van der Waals surface area (Å²) >= 11 is 0. The average Bonchev–Trinajstić information content (AvgIpc) is 3.21. The number of amides is 1. The lowest BCUT2D eigenvalue weighted by Crippen LogP contribution is -2.52. The molecule has 0 aliphatic carbocycles. The van der Waals surface area contributed by atoms with E-state index in [0.717, 1.165) is 12.8 Å². The van der Waals surface area contributed by atoms with Crippen LogP contribution in [-0.2, 0) is 10.0 Å². The molecular weight excluding hydrogens is 390 g/mol. The van der Waals surface area contributed by atoms with Crippen LogP contribution in [0.15, 0.2) is 23.1 Å². The molecule has 2 rings (SSSR count). The van der Waals surface area contributed by atoms with Crippen molar-refractivity contribution in [3.63, 3.8) is 0 Å². The molecule has 0 spiro atoms.